The molecule has 0 saturated carbocycles. The largest absolute Gasteiger partial charge is 0.399 e. The number of halogens is 4. The number of hydrogen-bond acceptors (Lipinski definition) is 1. The normalized spacial score (nSPS) is 26.0. The maximum Gasteiger partial charge on any atom is 0.399 e. The van der Waals surface area contributed by atoms with Crippen LogP contribution in [0.4, 0.5) is 17.6 Å². The van der Waals surface area contributed by atoms with Gasteiger partial charge in [-0.15, -0.1) is 0 Å². The molecule has 1 unspecified atom stereocenters. The van der Waals surface area contributed by atoms with Gasteiger partial charge in [0.15, 0.2) is 0 Å². The number of benzene rings is 1. The van der Waals surface area contributed by atoms with Crippen molar-refractivity contribution >= 4 is 0 Å². The first-order chi connectivity index (χ1) is 7.47. The summed E-state index contributed by atoms with van der Waals surface area (Å²) >= 11 is 0. The minimum Gasteiger partial charge on any atom is -0.315 e. The molecule has 1 heterocycles. The fraction of sp³-hybridized carbons (Fsp3) is 0.455. The third-order valence-electron chi connectivity index (χ3n) is 3.09. The van der Waals surface area contributed by atoms with Crippen molar-refractivity contribution in [1.29, 1.82) is 0 Å². The first-order valence-corrected chi connectivity index (χ1v) is 5.00. The Morgan fingerprint density at radius 1 is 1.19 bits per heavy atom. The highest BCUT2D eigenvalue weighted by Gasteiger charge is 2.58. The summed E-state index contributed by atoms with van der Waals surface area (Å²) in [7, 11) is 0. The lowest BCUT2D eigenvalue weighted by Crippen LogP contribution is -2.44. The molecular weight excluding hydrogens is 222 g/mol. The third-order valence-corrected chi connectivity index (χ3v) is 3.09. The molecule has 1 saturated heterocycles. The molecule has 16 heavy (non-hydrogen) atoms. The minimum atomic E-state index is -4.43. The van der Waals surface area contributed by atoms with Gasteiger partial charge in [0.1, 0.15) is 11.2 Å². The summed E-state index contributed by atoms with van der Waals surface area (Å²) in [4.78, 5) is 0. The van der Waals surface area contributed by atoms with E-state index in [1.165, 1.54) is 18.2 Å². The molecule has 1 nitrogen and oxygen atoms in total. The van der Waals surface area contributed by atoms with Gasteiger partial charge in [0.05, 0.1) is 0 Å². The van der Waals surface area contributed by atoms with Gasteiger partial charge in [0.25, 0.3) is 0 Å². The van der Waals surface area contributed by atoms with E-state index in [0.29, 0.717) is 0 Å². The van der Waals surface area contributed by atoms with Crippen molar-refractivity contribution in [2.45, 2.75) is 18.0 Å². The first-order valence-electron chi connectivity index (χ1n) is 5.00. The summed E-state index contributed by atoms with van der Waals surface area (Å²) in [5, 5.41) is 2.66. The van der Waals surface area contributed by atoms with E-state index in [9.17, 15) is 17.6 Å². The van der Waals surface area contributed by atoms with E-state index < -0.39 is 17.4 Å². The zero-order chi connectivity index (χ0) is 11.8. The average Bonchev–Trinajstić information content (AvgIpc) is 2.67. The molecule has 1 aromatic rings. The van der Waals surface area contributed by atoms with Crippen molar-refractivity contribution < 1.29 is 17.6 Å². The van der Waals surface area contributed by atoms with Crippen molar-refractivity contribution in [1.82, 2.24) is 5.32 Å². The number of nitrogens with one attached hydrogen (secondary N) is 1. The second kappa shape index (κ2) is 3.73. The molecule has 1 aromatic carbocycles. The van der Waals surface area contributed by atoms with Gasteiger partial charge in [-0.25, -0.2) is 4.39 Å². The molecule has 5 heteroatoms. The lowest BCUT2D eigenvalue weighted by molar-refractivity contribution is -0.185. The van der Waals surface area contributed by atoms with Crippen LogP contribution >= 0.6 is 0 Å². The van der Waals surface area contributed by atoms with Gasteiger partial charge in [0, 0.05) is 12.1 Å². The van der Waals surface area contributed by atoms with E-state index >= 15 is 0 Å². The Hall–Kier alpha value is -1.10. The summed E-state index contributed by atoms with van der Waals surface area (Å²) in [5.74, 6) is -0.788. The fourth-order valence-electron chi connectivity index (χ4n) is 2.17. The summed E-state index contributed by atoms with van der Waals surface area (Å²) in [6, 6.07) is 5.12. The lowest BCUT2D eigenvalue weighted by Gasteiger charge is -2.31. The van der Waals surface area contributed by atoms with E-state index in [1.54, 1.807) is 0 Å². The second-order valence-electron chi connectivity index (χ2n) is 3.99. The maximum atomic E-state index is 13.5. The second-order valence-corrected chi connectivity index (χ2v) is 3.99. The molecule has 1 N–H and O–H groups in total. The molecule has 0 aliphatic carbocycles. The van der Waals surface area contributed by atoms with Crippen LogP contribution in [0.3, 0.4) is 0 Å². The molecule has 1 atom stereocenters. The number of hydrogen-bond donors (Lipinski definition) is 1. The molecule has 1 fully saturated rings. The zero-order valence-corrected chi connectivity index (χ0v) is 8.44. The van der Waals surface area contributed by atoms with Crippen molar-refractivity contribution in [3.8, 4) is 0 Å². The van der Waals surface area contributed by atoms with Crippen LogP contribution in [0.15, 0.2) is 24.3 Å². The Bertz CT molecular complexity index is 380. The van der Waals surface area contributed by atoms with Crippen LogP contribution in [0.25, 0.3) is 0 Å². The van der Waals surface area contributed by atoms with Gasteiger partial charge in [-0.3, -0.25) is 0 Å². The van der Waals surface area contributed by atoms with Crippen LogP contribution in [0.1, 0.15) is 12.0 Å². The highest BCUT2D eigenvalue weighted by atomic mass is 19.4. The zero-order valence-electron chi connectivity index (χ0n) is 8.44. The van der Waals surface area contributed by atoms with Crippen LogP contribution in [0.5, 0.6) is 0 Å². The van der Waals surface area contributed by atoms with Gasteiger partial charge in [-0.2, -0.15) is 13.2 Å². The summed E-state index contributed by atoms with van der Waals surface area (Å²) in [6.07, 6.45) is -4.55. The molecule has 2 rings (SSSR count). The first kappa shape index (κ1) is 11.4. The van der Waals surface area contributed by atoms with E-state index in [-0.39, 0.29) is 25.1 Å². The van der Waals surface area contributed by atoms with E-state index in [0.717, 1.165) is 6.07 Å². The van der Waals surface area contributed by atoms with Crippen LogP contribution in [0.2, 0.25) is 0 Å². The standard InChI is InChI=1S/C11H11F4N/c12-9-4-2-1-3-8(9)10(11(13,14)15)5-6-16-7-10/h1-4,16H,5-7H2. The Labute approximate surface area is 90.5 Å². The fourth-order valence-corrected chi connectivity index (χ4v) is 2.17. The molecule has 1 aliphatic heterocycles. The van der Waals surface area contributed by atoms with Crippen LogP contribution in [-0.2, 0) is 5.41 Å². The summed E-state index contributed by atoms with van der Waals surface area (Å²) in [6.45, 7) is 0.00524. The average molecular weight is 233 g/mol. The van der Waals surface area contributed by atoms with Crippen LogP contribution in [0, 0.1) is 5.82 Å². The highest BCUT2D eigenvalue weighted by molar-refractivity contribution is 5.31. The van der Waals surface area contributed by atoms with Gasteiger partial charge < -0.3 is 5.32 Å². The molecule has 1 aliphatic rings. The molecule has 88 valence electrons. The van der Waals surface area contributed by atoms with Gasteiger partial charge >= 0.3 is 6.18 Å². The topological polar surface area (TPSA) is 12.0 Å². The Morgan fingerprint density at radius 2 is 1.88 bits per heavy atom. The summed E-state index contributed by atoms with van der Waals surface area (Å²) < 4.78 is 52.7. The Kier molecular flexibility index (Phi) is 2.66. The highest BCUT2D eigenvalue weighted by Crippen LogP contribution is 2.46. The Morgan fingerprint density at radius 3 is 2.38 bits per heavy atom. The van der Waals surface area contributed by atoms with Gasteiger partial charge in [0.2, 0.25) is 0 Å². The number of rotatable bonds is 1. The Balaban J connectivity index is 2.53. The minimum absolute atomic E-state index is 0.114. The van der Waals surface area contributed by atoms with Crippen molar-refractivity contribution in [2.75, 3.05) is 13.1 Å². The molecule has 0 amide bonds. The van der Waals surface area contributed by atoms with Crippen LogP contribution in [-0.4, -0.2) is 19.3 Å². The molecule has 0 aromatic heterocycles. The predicted molar refractivity (Wildman–Crippen MR) is 51.6 cm³/mol. The van der Waals surface area contributed by atoms with Crippen molar-refractivity contribution in [3.63, 3.8) is 0 Å². The monoisotopic (exact) mass is 233 g/mol. The van der Waals surface area contributed by atoms with Crippen molar-refractivity contribution in [3.05, 3.63) is 35.6 Å². The van der Waals surface area contributed by atoms with Gasteiger partial charge in [-0.05, 0) is 19.0 Å². The molecular formula is C11H11F4N. The smallest absolute Gasteiger partial charge is 0.315 e. The molecule has 0 spiro atoms. The molecule has 0 bridgehead atoms. The SMILES string of the molecule is Fc1ccccc1C1(C(F)(F)F)CCNC1. The summed E-state index contributed by atoms with van der Waals surface area (Å²) in [5.41, 5.74) is -2.33. The maximum absolute atomic E-state index is 13.5. The third kappa shape index (κ3) is 1.59. The van der Waals surface area contributed by atoms with Crippen LogP contribution < -0.4 is 5.32 Å². The van der Waals surface area contributed by atoms with E-state index in [1.807, 2.05) is 0 Å². The molecule has 0 radical (unpaired) electrons. The predicted octanol–water partition coefficient (Wildman–Crippen LogP) is 2.62. The van der Waals surface area contributed by atoms with Crippen molar-refractivity contribution in [2.24, 2.45) is 0 Å². The number of alkyl halides is 3. The van der Waals surface area contributed by atoms with E-state index in [4.69, 9.17) is 0 Å². The quantitative estimate of drug-likeness (QED) is 0.735. The lowest BCUT2D eigenvalue weighted by atomic mass is 9.78. The van der Waals surface area contributed by atoms with E-state index in [2.05, 4.69) is 5.32 Å². The van der Waals surface area contributed by atoms with Gasteiger partial charge in [-0.1, -0.05) is 18.2 Å².